The number of carbonyl (C=O) groups excluding carboxylic acids is 2. The zero-order chi connectivity index (χ0) is 23.2. The molecule has 0 saturated heterocycles. The Balaban J connectivity index is 1.28. The van der Waals surface area contributed by atoms with Crippen molar-refractivity contribution in [2.45, 2.75) is 43.9 Å². The molecule has 0 spiro atoms. The number of anilines is 1. The maximum absolute atomic E-state index is 14.0. The van der Waals surface area contributed by atoms with Crippen LogP contribution in [0.15, 0.2) is 48.5 Å². The highest BCUT2D eigenvalue weighted by molar-refractivity contribution is 5.93. The Morgan fingerprint density at radius 2 is 1.79 bits per heavy atom. The summed E-state index contributed by atoms with van der Waals surface area (Å²) < 4.78 is 19.4. The highest BCUT2D eigenvalue weighted by Crippen LogP contribution is 2.66. The first kappa shape index (κ1) is 21.6. The van der Waals surface area contributed by atoms with Gasteiger partial charge in [0.15, 0.2) is 6.61 Å². The van der Waals surface area contributed by atoms with Gasteiger partial charge in [0.2, 0.25) is 0 Å². The molecule has 2 aromatic rings. The number of carbonyl (C=O) groups is 2. The SMILES string of the molecule is O=C(COC(=O)C12CC3CC(C1)CC(c1ccccc1)(C3)C2)Nc1cc([N+](=O)[O-])ccc1F. The zero-order valence-corrected chi connectivity index (χ0v) is 18.1. The monoisotopic (exact) mass is 452 g/mol. The summed E-state index contributed by atoms with van der Waals surface area (Å²) in [7, 11) is 0. The molecule has 33 heavy (non-hydrogen) atoms. The zero-order valence-electron chi connectivity index (χ0n) is 18.1. The number of rotatable bonds is 6. The topological polar surface area (TPSA) is 98.5 Å². The lowest BCUT2D eigenvalue weighted by Crippen LogP contribution is -2.57. The van der Waals surface area contributed by atoms with Crippen LogP contribution in [-0.4, -0.2) is 23.4 Å². The minimum atomic E-state index is -0.800. The van der Waals surface area contributed by atoms with E-state index >= 15 is 0 Å². The van der Waals surface area contributed by atoms with Gasteiger partial charge in [-0.05, 0) is 67.4 Å². The van der Waals surface area contributed by atoms with E-state index in [1.165, 1.54) is 5.56 Å². The van der Waals surface area contributed by atoms with Crippen LogP contribution in [0, 0.1) is 33.2 Å². The van der Waals surface area contributed by atoms with E-state index in [2.05, 4.69) is 17.4 Å². The second-order valence-corrected chi connectivity index (χ2v) is 9.93. The third-order valence-electron chi connectivity index (χ3n) is 7.65. The van der Waals surface area contributed by atoms with Crippen molar-refractivity contribution in [3.05, 3.63) is 70.0 Å². The van der Waals surface area contributed by atoms with E-state index in [1.807, 2.05) is 18.2 Å². The molecule has 6 rings (SSSR count). The third kappa shape index (κ3) is 3.87. The molecule has 2 atom stereocenters. The van der Waals surface area contributed by atoms with Gasteiger partial charge in [0.25, 0.3) is 11.6 Å². The number of nitrogens with one attached hydrogen (secondary N) is 1. The molecule has 2 unspecified atom stereocenters. The van der Waals surface area contributed by atoms with Crippen LogP contribution in [0.3, 0.4) is 0 Å². The molecule has 172 valence electrons. The molecule has 0 radical (unpaired) electrons. The van der Waals surface area contributed by atoms with E-state index in [0.29, 0.717) is 11.8 Å². The van der Waals surface area contributed by atoms with Crippen LogP contribution < -0.4 is 5.32 Å². The first-order valence-electron chi connectivity index (χ1n) is 11.3. The molecular formula is C25H25FN2O5. The molecule has 0 aromatic heterocycles. The first-order valence-corrected chi connectivity index (χ1v) is 11.3. The van der Waals surface area contributed by atoms with E-state index in [-0.39, 0.29) is 22.8 Å². The van der Waals surface area contributed by atoms with Gasteiger partial charge < -0.3 is 10.1 Å². The number of benzene rings is 2. The number of hydrogen-bond donors (Lipinski definition) is 1. The Morgan fingerprint density at radius 3 is 2.45 bits per heavy atom. The number of nitrogens with zero attached hydrogens (tertiary/aromatic N) is 1. The molecule has 7 nitrogen and oxygen atoms in total. The van der Waals surface area contributed by atoms with E-state index in [9.17, 15) is 24.1 Å². The van der Waals surface area contributed by atoms with Crippen LogP contribution in [0.2, 0.25) is 0 Å². The molecule has 1 amide bonds. The van der Waals surface area contributed by atoms with Crippen LogP contribution in [0.1, 0.15) is 44.1 Å². The van der Waals surface area contributed by atoms with E-state index < -0.39 is 28.7 Å². The average Bonchev–Trinajstić information content (AvgIpc) is 2.78. The van der Waals surface area contributed by atoms with Gasteiger partial charge in [0, 0.05) is 12.1 Å². The van der Waals surface area contributed by atoms with Crippen molar-refractivity contribution in [1.29, 1.82) is 0 Å². The summed E-state index contributed by atoms with van der Waals surface area (Å²) in [6, 6.07) is 13.2. The van der Waals surface area contributed by atoms with Gasteiger partial charge >= 0.3 is 5.97 Å². The fraction of sp³-hybridized carbons (Fsp3) is 0.440. The van der Waals surface area contributed by atoms with Gasteiger partial charge in [0.1, 0.15) is 5.82 Å². The van der Waals surface area contributed by atoms with Crippen molar-refractivity contribution in [2.24, 2.45) is 17.3 Å². The smallest absolute Gasteiger partial charge is 0.312 e. The first-order chi connectivity index (χ1) is 15.8. The standard InChI is InChI=1S/C25H25FN2O5/c26-20-7-6-19(28(31)32)9-21(20)27-22(29)14-33-23(30)25-12-16-8-17(13-25)11-24(10-16,15-25)18-4-2-1-3-5-18/h1-7,9,16-17H,8,10-15H2,(H,27,29). The third-order valence-corrected chi connectivity index (χ3v) is 7.65. The van der Waals surface area contributed by atoms with Crippen molar-refractivity contribution in [1.82, 2.24) is 0 Å². The number of halogens is 1. The summed E-state index contributed by atoms with van der Waals surface area (Å²) in [6.45, 7) is -0.559. The molecule has 0 aliphatic heterocycles. The fourth-order valence-electron chi connectivity index (χ4n) is 6.82. The maximum atomic E-state index is 14.0. The van der Waals surface area contributed by atoms with Crippen LogP contribution in [0.5, 0.6) is 0 Å². The fourth-order valence-corrected chi connectivity index (χ4v) is 6.82. The summed E-state index contributed by atoms with van der Waals surface area (Å²) in [5, 5.41) is 13.2. The number of amides is 1. The van der Waals surface area contributed by atoms with Crippen molar-refractivity contribution in [3.63, 3.8) is 0 Å². The highest BCUT2D eigenvalue weighted by Gasteiger charge is 2.61. The highest BCUT2D eigenvalue weighted by atomic mass is 19.1. The molecule has 4 aliphatic carbocycles. The molecular weight excluding hydrogens is 427 g/mol. The van der Waals surface area contributed by atoms with Gasteiger partial charge in [0.05, 0.1) is 16.0 Å². The Hall–Kier alpha value is -3.29. The lowest BCUT2D eigenvalue weighted by Gasteiger charge is -2.61. The number of ether oxygens (including phenoxy) is 1. The van der Waals surface area contributed by atoms with E-state index in [4.69, 9.17) is 4.74 Å². The Morgan fingerprint density at radius 1 is 1.09 bits per heavy atom. The maximum Gasteiger partial charge on any atom is 0.312 e. The second-order valence-electron chi connectivity index (χ2n) is 9.93. The summed E-state index contributed by atoms with van der Waals surface area (Å²) in [6.07, 6.45) is 5.56. The molecule has 4 saturated carbocycles. The second kappa shape index (κ2) is 7.93. The number of hydrogen-bond acceptors (Lipinski definition) is 5. The lowest BCUT2D eigenvalue weighted by molar-refractivity contribution is -0.384. The predicted octanol–water partition coefficient (Wildman–Crippen LogP) is 4.75. The summed E-state index contributed by atoms with van der Waals surface area (Å²) >= 11 is 0. The van der Waals surface area contributed by atoms with Crippen molar-refractivity contribution in [2.75, 3.05) is 11.9 Å². The number of esters is 1. The summed E-state index contributed by atoms with van der Waals surface area (Å²) in [5.74, 6) is -0.971. The number of nitro groups is 1. The molecule has 0 heterocycles. The summed E-state index contributed by atoms with van der Waals surface area (Å²) in [4.78, 5) is 35.8. The summed E-state index contributed by atoms with van der Waals surface area (Å²) in [5.41, 5.74) is -0.0165. The van der Waals surface area contributed by atoms with Crippen LogP contribution >= 0.6 is 0 Å². The Bertz CT molecular complexity index is 1110. The molecule has 4 fully saturated rings. The van der Waals surface area contributed by atoms with Crippen molar-refractivity contribution in [3.8, 4) is 0 Å². The predicted molar refractivity (Wildman–Crippen MR) is 118 cm³/mol. The minimum absolute atomic E-state index is 0.0290. The Kier molecular flexibility index (Phi) is 5.18. The van der Waals surface area contributed by atoms with Gasteiger partial charge in [-0.1, -0.05) is 30.3 Å². The number of nitro benzene ring substituents is 1. The average molecular weight is 452 g/mol. The van der Waals surface area contributed by atoms with Gasteiger partial charge in [-0.2, -0.15) is 0 Å². The molecule has 8 heteroatoms. The van der Waals surface area contributed by atoms with Crippen LogP contribution in [-0.2, 0) is 19.7 Å². The molecule has 4 aliphatic rings. The van der Waals surface area contributed by atoms with Gasteiger partial charge in [-0.25, -0.2) is 4.39 Å². The largest absolute Gasteiger partial charge is 0.455 e. The van der Waals surface area contributed by atoms with Gasteiger partial charge in [-0.15, -0.1) is 0 Å². The molecule has 1 N–H and O–H groups in total. The van der Waals surface area contributed by atoms with Crippen LogP contribution in [0.25, 0.3) is 0 Å². The van der Waals surface area contributed by atoms with Gasteiger partial charge in [-0.3, -0.25) is 19.7 Å². The lowest BCUT2D eigenvalue weighted by atomic mass is 9.43. The quantitative estimate of drug-likeness (QED) is 0.387. The minimum Gasteiger partial charge on any atom is -0.455 e. The van der Waals surface area contributed by atoms with E-state index in [0.717, 1.165) is 56.7 Å². The van der Waals surface area contributed by atoms with E-state index in [1.54, 1.807) is 0 Å². The van der Waals surface area contributed by atoms with Crippen molar-refractivity contribution < 1.29 is 23.6 Å². The number of non-ortho nitro benzene ring substituents is 1. The van der Waals surface area contributed by atoms with Crippen molar-refractivity contribution >= 4 is 23.3 Å². The molecule has 2 aromatic carbocycles. The molecule has 4 bridgehead atoms. The Labute approximate surface area is 190 Å². The van der Waals surface area contributed by atoms with Crippen LogP contribution in [0.4, 0.5) is 15.8 Å². The normalized spacial score (nSPS) is 29.5.